The number of carbonyl (C=O) groups is 2. The molecule has 6 heteroatoms. The van der Waals surface area contributed by atoms with Crippen molar-refractivity contribution in [2.45, 2.75) is 37.6 Å². The van der Waals surface area contributed by atoms with Crippen molar-refractivity contribution in [2.75, 3.05) is 5.32 Å². The minimum atomic E-state index is -2.60. The third-order valence-corrected chi connectivity index (χ3v) is 3.65. The molecular formula is C16H18F2N2O2. The largest absolute Gasteiger partial charge is 0.349 e. The average Bonchev–Trinajstić information content (AvgIpc) is 2.50. The topological polar surface area (TPSA) is 58.2 Å². The van der Waals surface area contributed by atoms with E-state index < -0.39 is 5.92 Å². The lowest BCUT2D eigenvalue weighted by molar-refractivity contribution is -0.111. The Bertz CT molecular complexity index is 560. The van der Waals surface area contributed by atoms with Gasteiger partial charge in [0.15, 0.2) is 0 Å². The van der Waals surface area contributed by atoms with Gasteiger partial charge in [0, 0.05) is 30.1 Å². The SMILES string of the molecule is C=CC(=O)Nc1ccc(C(=O)NC2CCC(F)(F)CC2)cc1. The first-order chi connectivity index (χ1) is 10.4. The first-order valence-corrected chi connectivity index (χ1v) is 7.12. The monoisotopic (exact) mass is 308 g/mol. The van der Waals surface area contributed by atoms with Crippen molar-refractivity contribution in [1.29, 1.82) is 0 Å². The second-order valence-electron chi connectivity index (χ2n) is 5.37. The smallest absolute Gasteiger partial charge is 0.251 e. The van der Waals surface area contributed by atoms with E-state index in [1.54, 1.807) is 24.3 Å². The first kappa shape index (κ1) is 16.1. The Balaban J connectivity index is 1.90. The van der Waals surface area contributed by atoms with Crippen LogP contribution in [0.2, 0.25) is 0 Å². The zero-order valence-electron chi connectivity index (χ0n) is 12.1. The van der Waals surface area contributed by atoms with Gasteiger partial charge in [-0.3, -0.25) is 9.59 Å². The van der Waals surface area contributed by atoms with Gasteiger partial charge in [-0.05, 0) is 43.2 Å². The summed E-state index contributed by atoms with van der Waals surface area (Å²) < 4.78 is 26.1. The van der Waals surface area contributed by atoms with Crippen LogP contribution in [0.1, 0.15) is 36.0 Å². The third-order valence-electron chi connectivity index (χ3n) is 3.65. The maximum absolute atomic E-state index is 13.1. The molecule has 22 heavy (non-hydrogen) atoms. The third kappa shape index (κ3) is 4.38. The minimum absolute atomic E-state index is 0.190. The molecule has 1 saturated carbocycles. The van der Waals surface area contributed by atoms with Crippen LogP contribution < -0.4 is 10.6 Å². The molecule has 0 radical (unpaired) electrons. The van der Waals surface area contributed by atoms with Crippen LogP contribution in [0, 0.1) is 0 Å². The Kier molecular flexibility index (Phi) is 4.90. The normalized spacial score (nSPS) is 17.5. The molecule has 1 aromatic rings. The molecule has 2 rings (SSSR count). The number of halogens is 2. The minimum Gasteiger partial charge on any atom is -0.349 e. The van der Waals surface area contributed by atoms with Crippen LogP contribution in [0.15, 0.2) is 36.9 Å². The number of alkyl halides is 2. The molecule has 0 aromatic heterocycles. The van der Waals surface area contributed by atoms with Gasteiger partial charge < -0.3 is 10.6 Å². The van der Waals surface area contributed by atoms with Crippen LogP contribution in [0.3, 0.4) is 0 Å². The fraction of sp³-hybridized carbons (Fsp3) is 0.375. The number of benzene rings is 1. The Morgan fingerprint density at radius 2 is 1.77 bits per heavy atom. The molecule has 1 aliphatic rings. The molecule has 1 fully saturated rings. The van der Waals surface area contributed by atoms with E-state index in [1.165, 1.54) is 0 Å². The lowest BCUT2D eigenvalue weighted by atomic mass is 9.92. The molecule has 4 nitrogen and oxygen atoms in total. The summed E-state index contributed by atoms with van der Waals surface area (Å²) in [5.74, 6) is -3.23. The first-order valence-electron chi connectivity index (χ1n) is 7.12. The molecule has 2 amide bonds. The highest BCUT2D eigenvalue weighted by Gasteiger charge is 2.35. The molecule has 1 aromatic carbocycles. The van der Waals surface area contributed by atoms with Crippen molar-refractivity contribution in [3.63, 3.8) is 0 Å². The summed E-state index contributed by atoms with van der Waals surface area (Å²) in [5.41, 5.74) is 0.979. The van der Waals surface area contributed by atoms with E-state index in [9.17, 15) is 18.4 Å². The van der Waals surface area contributed by atoms with Crippen molar-refractivity contribution in [3.8, 4) is 0 Å². The molecule has 0 spiro atoms. The van der Waals surface area contributed by atoms with E-state index in [1.807, 2.05) is 0 Å². The van der Waals surface area contributed by atoms with Crippen molar-refractivity contribution in [2.24, 2.45) is 0 Å². The van der Waals surface area contributed by atoms with Gasteiger partial charge in [0.25, 0.3) is 5.91 Å². The highest BCUT2D eigenvalue weighted by atomic mass is 19.3. The Morgan fingerprint density at radius 1 is 1.18 bits per heavy atom. The number of rotatable bonds is 4. The standard InChI is InChI=1S/C16H18F2N2O2/c1-2-14(21)19-12-5-3-11(4-6-12)15(22)20-13-7-9-16(17,18)10-8-13/h2-6,13H,1,7-10H2,(H,19,21)(H,20,22). The van der Waals surface area contributed by atoms with Gasteiger partial charge in [-0.2, -0.15) is 0 Å². The number of amides is 2. The average molecular weight is 308 g/mol. The number of anilines is 1. The molecule has 118 valence electrons. The van der Waals surface area contributed by atoms with E-state index in [0.717, 1.165) is 6.08 Å². The lowest BCUT2D eigenvalue weighted by Gasteiger charge is -2.28. The quantitative estimate of drug-likeness (QED) is 0.840. The number of nitrogens with one attached hydrogen (secondary N) is 2. The van der Waals surface area contributed by atoms with Crippen LogP contribution in [0.4, 0.5) is 14.5 Å². The predicted molar refractivity (Wildman–Crippen MR) is 79.9 cm³/mol. The fourth-order valence-electron chi connectivity index (χ4n) is 2.35. The van der Waals surface area contributed by atoms with Gasteiger partial charge in [0.05, 0.1) is 0 Å². The van der Waals surface area contributed by atoms with E-state index in [0.29, 0.717) is 11.3 Å². The van der Waals surface area contributed by atoms with Gasteiger partial charge in [-0.25, -0.2) is 8.78 Å². The summed E-state index contributed by atoms with van der Waals surface area (Å²) in [6.07, 6.45) is 1.34. The highest BCUT2D eigenvalue weighted by Crippen LogP contribution is 2.33. The molecule has 0 aliphatic heterocycles. The second-order valence-corrected chi connectivity index (χ2v) is 5.37. The Hall–Kier alpha value is -2.24. The highest BCUT2D eigenvalue weighted by molar-refractivity contribution is 5.99. The number of hydrogen-bond acceptors (Lipinski definition) is 2. The van der Waals surface area contributed by atoms with Crippen LogP contribution in [0.25, 0.3) is 0 Å². The molecule has 0 atom stereocenters. The van der Waals surface area contributed by atoms with Crippen molar-refractivity contribution in [1.82, 2.24) is 5.32 Å². The Labute approximate surface area is 127 Å². The van der Waals surface area contributed by atoms with E-state index in [2.05, 4.69) is 17.2 Å². The van der Waals surface area contributed by atoms with Gasteiger partial charge in [-0.1, -0.05) is 6.58 Å². The molecule has 2 N–H and O–H groups in total. The summed E-state index contributed by atoms with van der Waals surface area (Å²) in [7, 11) is 0. The number of carbonyl (C=O) groups excluding carboxylic acids is 2. The zero-order chi connectivity index (χ0) is 16.2. The molecule has 1 aliphatic carbocycles. The molecule has 0 heterocycles. The summed E-state index contributed by atoms with van der Waals surface area (Å²) >= 11 is 0. The van der Waals surface area contributed by atoms with Crippen molar-refractivity contribution >= 4 is 17.5 Å². The van der Waals surface area contributed by atoms with E-state index >= 15 is 0 Å². The van der Waals surface area contributed by atoms with Crippen LogP contribution in [0.5, 0.6) is 0 Å². The van der Waals surface area contributed by atoms with Gasteiger partial charge in [-0.15, -0.1) is 0 Å². The van der Waals surface area contributed by atoms with E-state index in [4.69, 9.17) is 0 Å². The fourth-order valence-corrected chi connectivity index (χ4v) is 2.35. The van der Waals surface area contributed by atoms with Crippen molar-refractivity contribution < 1.29 is 18.4 Å². The summed E-state index contributed by atoms with van der Waals surface area (Å²) in [6.45, 7) is 3.35. The number of hydrogen-bond donors (Lipinski definition) is 2. The Morgan fingerprint density at radius 3 is 2.32 bits per heavy atom. The molecular weight excluding hydrogens is 290 g/mol. The molecule has 0 unspecified atom stereocenters. The summed E-state index contributed by atoms with van der Waals surface area (Å²) in [4.78, 5) is 23.2. The zero-order valence-corrected chi connectivity index (χ0v) is 12.1. The van der Waals surface area contributed by atoms with Crippen LogP contribution in [-0.2, 0) is 4.79 Å². The van der Waals surface area contributed by atoms with Gasteiger partial charge >= 0.3 is 0 Å². The maximum Gasteiger partial charge on any atom is 0.251 e. The van der Waals surface area contributed by atoms with E-state index in [-0.39, 0.29) is 43.5 Å². The second kappa shape index (κ2) is 6.68. The predicted octanol–water partition coefficient (Wildman–Crippen LogP) is 3.12. The lowest BCUT2D eigenvalue weighted by Crippen LogP contribution is -2.40. The molecule has 0 saturated heterocycles. The van der Waals surface area contributed by atoms with Crippen LogP contribution in [-0.4, -0.2) is 23.8 Å². The van der Waals surface area contributed by atoms with Gasteiger partial charge in [0.2, 0.25) is 11.8 Å². The van der Waals surface area contributed by atoms with Crippen molar-refractivity contribution in [3.05, 3.63) is 42.5 Å². The van der Waals surface area contributed by atoms with Crippen LogP contribution >= 0.6 is 0 Å². The summed E-state index contributed by atoms with van der Waals surface area (Å²) in [6, 6.07) is 6.14. The van der Waals surface area contributed by atoms with Gasteiger partial charge in [0.1, 0.15) is 0 Å². The summed E-state index contributed by atoms with van der Waals surface area (Å²) in [5, 5.41) is 5.34. The maximum atomic E-state index is 13.1. The molecule has 0 bridgehead atoms.